The Hall–Kier alpha value is -1.27. The number of carbonyl (C=O) groups is 1. The molecule has 1 atom stereocenters. The van der Waals surface area contributed by atoms with Crippen LogP contribution in [-0.4, -0.2) is 11.9 Å². The van der Waals surface area contributed by atoms with E-state index in [4.69, 9.17) is 6.42 Å². The van der Waals surface area contributed by atoms with Gasteiger partial charge in [-0.05, 0) is 29.9 Å². The van der Waals surface area contributed by atoms with E-state index in [1.807, 2.05) is 18.4 Å². The molecule has 1 aromatic rings. The highest BCUT2D eigenvalue weighted by atomic mass is 32.1. The molecular formula is C13H17NOS. The third-order valence-electron chi connectivity index (χ3n) is 2.42. The summed E-state index contributed by atoms with van der Waals surface area (Å²) in [5.41, 5.74) is 1.09. The van der Waals surface area contributed by atoms with Crippen LogP contribution >= 0.6 is 11.3 Å². The SMILES string of the molecule is C#CC(CCC)NC(=O)c1sccc1CC. The number of terminal acetylenes is 1. The molecule has 0 fully saturated rings. The molecule has 2 nitrogen and oxygen atoms in total. The second kappa shape index (κ2) is 6.34. The molecule has 0 bridgehead atoms. The molecule has 1 amide bonds. The van der Waals surface area contributed by atoms with Crippen LogP contribution in [0.3, 0.4) is 0 Å². The van der Waals surface area contributed by atoms with Crippen LogP contribution in [0.5, 0.6) is 0 Å². The summed E-state index contributed by atoms with van der Waals surface area (Å²) >= 11 is 1.47. The first-order chi connectivity index (χ1) is 7.72. The highest BCUT2D eigenvalue weighted by molar-refractivity contribution is 7.12. The Bertz CT molecular complexity index is 389. The Kier molecular flexibility index (Phi) is 5.07. The smallest absolute Gasteiger partial charge is 0.262 e. The van der Waals surface area contributed by atoms with Gasteiger partial charge in [0, 0.05) is 0 Å². The van der Waals surface area contributed by atoms with Crippen LogP contribution < -0.4 is 5.32 Å². The van der Waals surface area contributed by atoms with E-state index in [1.54, 1.807) is 0 Å². The maximum absolute atomic E-state index is 11.9. The summed E-state index contributed by atoms with van der Waals surface area (Å²) in [6.45, 7) is 4.10. The maximum atomic E-state index is 11.9. The first kappa shape index (κ1) is 12.8. The molecule has 86 valence electrons. The van der Waals surface area contributed by atoms with Crippen molar-refractivity contribution in [2.45, 2.75) is 39.2 Å². The van der Waals surface area contributed by atoms with Gasteiger partial charge in [0.25, 0.3) is 5.91 Å². The molecule has 1 rings (SSSR count). The lowest BCUT2D eigenvalue weighted by atomic mass is 10.1. The monoisotopic (exact) mass is 235 g/mol. The normalized spacial score (nSPS) is 11.8. The number of carbonyl (C=O) groups excluding carboxylic acids is 1. The van der Waals surface area contributed by atoms with Crippen molar-refractivity contribution < 1.29 is 4.79 Å². The molecule has 1 unspecified atom stereocenters. The van der Waals surface area contributed by atoms with E-state index in [0.29, 0.717) is 0 Å². The molecule has 0 aromatic carbocycles. The van der Waals surface area contributed by atoms with Crippen molar-refractivity contribution in [2.24, 2.45) is 0 Å². The van der Waals surface area contributed by atoms with Crippen molar-refractivity contribution >= 4 is 17.2 Å². The number of rotatable bonds is 5. The predicted octanol–water partition coefficient (Wildman–Crippen LogP) is 2.84. The highest BCUT2D eigenvalue weighted by Gasteiger charge is 2.14. The molecule has 0 aliphatic rings. The maximum Gasteiger partial charge on any atom is 0.262 e. The van der Waals surface area contributed by atoms with Crippen molar-refractivity contribution in [3.05, 3.63) is 21.9 Å². The largest absolute Gasteiger partial charge is 0.338 e. The summed E-state index contributed by atoms with van der Waals surface area (Å²) in [6.07, 6.45) is 8.05. The molecule has 1 heterocycles. The van der Waals surface area contributed by atoms with Crippen molar-refractivity contribution in [3.63, 3.8) is 0 Å². The fourth-order valence-corrected chi connectivity index (χ4v) is 2.42. The van der Waals surface area contributed by atoms with Gasteiger partial charge in [-0.25, -0.2) is 0 Å². The molecule has 0 radical (unpaired) electrons. The number of hydrogen-bond donors (Lipinski definition) is 1. The van der Waals surface area contributed by atoms with Gasteiger partial charge in [0.1, 0.15) is 0 Å². The molecule has 0 aliphatic heterocycles. The van der Waals surface area contributed by atoms with Gasteiger partial charge in [0.05, 0.1) is 10.9 Å². The van der Waals surface area contributed by atoms with E-state index >= 15 is 0 Å². The standard InChI is InChI=1S/C13H17NOS/c1-4-7-11(6-3)14-13(15)12-10(5-2)8-9-16-12/h3,8-9,11H,4-5,7H2,1-2H3,(H,14,15). The van der Waals surface area contributed by atoms with Crippen LogP contribution in [0.15, 0.2) is 11.4 Å². The third kappa shape index (κ3) is 3.11. The lowest BCUT2D eigenvalue weighted by Gasteiger charge is -2.11. The fourth-order valence-electron chi connectivity index (χ4n) is 1.52. The zero-order chi connectivity index (χ0) is 12.0. The summed E-state index contributed by atoms with van der Waals surface area (Å²) in [4.78, 5) is 12.7. The molecule has 0 aliphatic carbocycles. The average molecular weight is 235 g/mol. The highest BCUT2D eigenvalue weighted by Crippen LogP contribution is 2.17. The molecule has 1 N–H and O–H groups in total. The second-order valence-electron chi connectivity index (χ2n) is 3.61. The van der Waals surface area contributed by atoms with E-state index in [9.17, 15) is 4.79 Å². The van der Waals surface area contributed by atoms with E-state index in [0.717, 1.165) is 29.7 Å². The molecule has 16 heavy (non-hydrogen) atoms. The second-order valence-corrected chi connectivity index (χ2v) is 4.53. The number of hydrogen-bond acceptors (Lipinski definition) is 2. The van der Waals surface area contributed by atoms with Gasteiger partial charge in [-0.2, -0.15) is 0 Å². The first-order valence-electron chi connectivity index (χ1n) is 5.56. The van der Waals surface area contributed by atoms with E-state index in [2.05, 4.69) is 18.2 Å². The Labute approximate surface area is 101 Å². The minimum Gasteiger partial charge on any atom is -0.338 e. The summed E-state index contributed by atoms with van der Waals surface area (Å²) in [6, 6.07) is 1.84. The molecule has 0 saturated heterocycles. The number of nitrogens with one attached hydrogen (secondary N) is 1. The van der Waals surface area contributed by atoms with Gasteiger partial charge in [-0.15, -0.1) is 17.8 Å². The van der Waals surface area contributed by atoms with E-state index in [-0.39, 0.29) is 11.9 Å². The first-order valence-corrected chi connectivity index (χ1v) is 6.44. The van der Waals surface area contributed by atoms with Crippen molar-refractivity contribution in [1.82, 2.24) is 5.32 Å². The molecule has 0 saturated carbocycles. The van der Waals surface area contributed by atoms with Crippen molar-refractivity contribution in [3.8, 4) is 12.3 Å². The number of thiophene rings is 1. The van der Waals surface area contributed by atoms with E-state index < -0.39 is 0 Å². The molecular weight excluding hydrogens is 218 g/mol. The molecule has 3 heteroatoms. The fraction of sp³-hybridized carbons (Fsp3) is 0.462. The van der Waals surface area contributed by atoms with Crippen LogP contribution in [0.1, 0.15) is 41.9 Å². The minimum atomic E-state index is -0.149. The lowest BCUT2D eigenvalue weighted by Crippen LogP contribution is -2.33. The predicted molar refractivity (Wildman–Crippen MR) is 68.7 cm³/mol. The summed E-state index contributed by atoms with van der Waals surface area (Å²) in [7, 11) is 0. The van der Waals surface area contributed by atoms with Gasteiger partial charge in [-0.1, -0.05) is 26.2 Å². The summed E-state index contributed by atoms with van der Waals surface area (Å²) in [5, 5.41) is 4.82. The van der Waals surface area contributed by atoms with Crippen LogP contribution in [-0.2, 0) is 6.42 Å². The quantitative estimate of drug-likeness (QED) is 0.781. The Morgan fingerprint density at radius 2 is 2.38 bits per heavy atom. The van der Waals surface area contributed by atoms with Crippen LogP contribution in [0.4, 0.5) is 0 Å². The van der Waals surface area contributed by atoms with Gasteiger partial charge in [0.15, 0.2) is 0 Å². The van der Waals surface area contributed by atoms with Gasteiger partial charge in [0.2, 0.25) is 0 Å². The van der Waals surface area contributed by atoms with Crippen molar-refractivity contribution in [2.75, 3.05) is 0 Å². The van der Waals surface area contributed by atoms with Gasteiger partial charge >= 0.3 is 0 Å². The van der Waals surface area contributed by atoms with Crippen LogP contribution in [0, 0.1) is 12.3 Å². The summed E-state index contributed by atoms with van der Waals surface area (Å²) in [5.74, 6) is 2.57. The van der Waals surface area contributed by atoms with Crippen molar-refractivity contribution in [1.29, 1.82) is 0 Å². The Balaban J connectivity index is 2.68. The number of aryl methyl sites for hydroxylation is 1. The topological polar surface area (TPSA) is 29.1 Å². The van der Waals surface area contributed by atoms with Crippen LogP contribution in [0.25, 0.3) is 0 Å². The molecule has 0 spiro atoms. The minimum absolute atomic E-state index is 0.0387. The average Bonchev–Trinajstić information content (AvgIpc) is 2.76. The lowest BCUT2D eigenvalue weighted by molar-refractivity contribution is 0.0947. The summed E-state index contributed by atoms with van der Waals surface area (Å²) < 4.78 is 0. The Morgan fingerprint density at radius 3 is 2.94 bits per heavy atom. The molecule has 1 aromatic heterocycles. The van der Waals surface area contributed by atoms with Gasteiger partial charge in [-0.3, -0.25) is 4.79 Å². The zero-order valence-corrected chi connectivity index (χ0v) is 10.6. The third-order valence-corrected chi connectivity index (χ3v) is 3.37. The van der Waals surface area contributed by atoms with Gasteiger partial charge < -0.3 is 5.32 Å². The zero-order valence-electron chi connectivity index (χ0n) is 9.75. The van der Waals surface area contributed by atoms with Crippen LogP contribution in [0.2, 0.25) is 0 Å². The Morgan fingerprint density at radius 1 is 1.62 bits per heavy atom. The number of amides is 1. The van der Waals surface area contributed by atoms with E-state index in [1.165, 1.54) is 11.3 Å².